The van der Waals surface area contributed by atoms with Gasteiger partial charge in [-0.1, -0.05) is 29.8 Å². The van der Waals surface area contributed by atoms with Gasteiger partial charge in [0.15, 0.2) is 0 Å². The fraction of sp³-hybridized carbons (Fsp3) is 0.273. The van der Waals surface area contributed by atoms with Crippen molar-refractivity contribution in [2.24, 2.45) is 0 Å². The van der Waals surface area contributed by atoms with Crippen LogP contribution < -0.4 is 5.32 Å². The van der Waals surface area contributed by atoms with E-state index in [0.29, 0.717) is 11.6 Å². The van der Waals surface area contributed by atoms with Crippen LogP contribution in [-0.2, 0) is 16.1 Å². The quantitative estimate of drug-likeness (QED) is 0.826. The average molecular weight is 242 g/mol. The molecule has 1 aromatic carbocycles. The third kappa shape index (κ3) is 4.31. The molecule has 2 N–H and O–H groups in total. The molecule has 0 radical (unpaired) electrons. The highest BCUT2D eigenvalue weighted by atomic mass is 35.5. The molecule has 0 aromatic heterocycles. The third-order valence-electron chi connectivity index (χ3n) is 2.00. The van der Waals surface area contributed by atoms with Gasteiger partial charge >= 0.3 is 5.97 Å². The van der Waals surface area contributed by atoms with Crippen LogP contribution in [0, 0.1) is 0 Å². The van der Waals surface area contributed by atoms with Crippen LogP contribution in [0.25, 0.3) is 0 Å². The summed E-state index contributed by atoms with van der Waals surface area (Å²) < 4.78 is 0. The Labute approximate surface area is 98.2 Å². The smallest absolute Gasteiger partial charge is 0.303 e. The van der Waals surface area contributed by atoms with Crippen molar-refractivity contribution < 1.29 is 14.7 Å². The second kappa shape index (κ2) is 6.12. The lowest BCUT2D eigenvalue weighted by Crippen LogP contribution is -2.23. The summed E-state index contributed by atoms with van der Waals surface area (Å²) in [7, 11) is 0. The van der Waals surface area contributed by atoms with Crippen LogP contribution in [-0.4, -0.2) is 17.0 Å². The van der Waals surface area contributed by atoms with E-state index in [1.165, 1.54) is 0 Å². The zero-order chi connectivity index (χ0) is 12.0. The zero-order valence-corrected chi connectivity index (χ0v) is 9.33. The largest absolute Gasteiger partial charge is 0.481 e. The van der Waals surface area contributed by atoms with E-state index in [2.05, 4.69) is 5.32 Å². The van der Waals surface area contributed by atoms with Crippen molar-refractivity contribution in [2.45, 2.75) is 19.4 Å². The van der Waals surface area contributed by atoms with Crippen molar-refractivity contribution in [1.82, 2.24) is 5.32 Å². The molecule has 0 aliphatic rings. The van der Waals surface area contributed by atoms with Crippen LogP contribution in [0.4, 0.5) is 0 Å². The highest BCUT2D eigenvalue weighted by Gasteiger charge is 2.05. The highest BCUT2D eigenvalue weighted by molar-refractivity contribution is 6.31. The van der Waals surface area contributed by atoms with Crippen molar-refractivity contribution in [2.75, 3.05) is 0 Å². The SMILES string of the molecule is O=C(O)CCC(=O)NCc1ccccc1Cl. The van der Waals surface area contributed by atoms with E-state index >= 15 is 0 Å². The molecule has 0 saturated carbocycles. The second-order valence-corrected chi connectivity index (χ2v) is 3.67. The molecule has 4 nitrogen and oxygen atoms in total. The van der Waals surface area contributed by atoms with Crippen molar-refractivity contribution in [3.8, 4) is 0 Å². The molecular formula is C11H12ClNO3. The van der Waals surface area contributed by atoms with Crippen LogP contribution in [0.2, 0.25) is 5.02 Å². The molecule has 0 saturated heterocycles. The molecule has 16 heavy (non-hydrogen) atoms. The van der Waals surface area contributed by atoms with E-state index in [1.54, 1.807) is 18.2 Å². The Morgan fingerprint density at radius 1 is 1.25 bits per heavy atom. The van der Waals surface area contributed by atoms with Gasteiger partial charge in [0.05, 0.1) is 6.42 Å². The lowest BCUT2D eigenvalue weighted by Gasteiger charge is -2.05. The highest BCUT2D eigenvalue weighted by Crippen LogP contribution is 2.14. The Bertz CT molecular complexity index is 393. The van der Waals surface area contributed by atoms with E-state index in [-0.39, 0.29) is 18.7 Å². The number of hydrogen-bond donors (Lipinski definition) is 2. The van der Waals surface area contributed by atoms with Crippen molar-refractivity contribution in [1.29, 1.82) is 0 Å². The molecule has 0 heterocycles. The fourth-order valence-corrected chi connectivity index (χ4v) is 1.35. The number of carbonyl (C=O) groups excluding carboxylic acids is 1. The lowest BCUT2D eigenvalue weighted by atomic mass is 10.2. The van der Waals surface area contributed by atoms with Gasteiger partial charge in [0, 0.05) is 18.0 Å². The summed E-state index contributed by atoms with van der Waals surface area (Å²) in [5, 5.41) is 11.6. The van der Waals surface area contributed by atoms with E-state index in [1.807, 2.05) is 6.07 Å². The molecule has 0 aliphatic carbocycles. The third-order valence-corrected chi connectivity index (χ3v) is 2.37. The first kappa shape index (κ1) is 12.5. The van der Waals surface area contributed by atoms with E-state index in [9.17, 15) is 9.59 Å². The van der Waals surface area contributed by atoms with E-state index in [4.69, 9.17) is 16.7 Å². The maximum Gasteiger partial charge on any atom is 0.303 e. The van der Waals surface area contributed by atoms with Crippen molar-refractivity contribution in [3.63, 3.8) is 0 Å². The van der Waals surface area contributed by atoms with Crippen LogP contribution in [0.1, 0.15) is 18.4 Å². The first-order valence-electron chi connectivity index (χ1n) is 4.81. The Morgan fingerprint density at radius 2 is 1.94 bits per heavy atom. The van der Waals surface area contributed by atoms with Gasteiger partial charge in [-0.25, -0.2) is 0 Å². The maximum absolute atomic E-state index is 11.2. The summed E-state index contributed by atoms with van der Waals surface area (Å²) in [6.07, 6.45) is -0.172. The topological polar surface area (TPSA) is 66.4 Å². The van der Waals surface area contributed by atoms with Crippen molar-refractivity contribution in [3.05, 3.63) is 34.9 Å². The summed E-state index contributed by atoms with van der Waals surface area (Å²) >= 11 is 5.89. The molecular weight excluding hydrogens is 230 g/mol. The minimum atomic E-state index is -0.979. The number of carboxylic acid groups (broad SMARTS) is 1. The maximum atomic E-state index is 11.2. The number of nitrogens with one attached hydrogen (secondary N) is 1. The Morgan fingerprint density at radius 3 is 2.56 bits per heavy atom. The summed E-state index contributed by atoms with van der Waals surface area (Å²) in [4.78, 5) is 21.4. The molecule has 5 heteroatoms. The summed E-state index contributed by atoms with van der Waals surface area (Å²) in [6, 6.07) is 7.17. The molecule has 1 aromatic rings. The molecule has 0 spiro atoms. The number of benzene rings is 1. The Balaban J connectivity index is 2.37. The first-order valence-corrected chi connectivity index (χ1v) is 5.19. The number of amides is 1. The molecule has 1 rings (SSSR count). The Kier molecular flexibility index (Phi) is 4.79. The Hall–Kier alpha value is -1.55. The number of carbonyl (C=O) groups is 2. The molecule has 0 bridgehead atoms. The number of rotatable bonds is 5. The van der Waals surface area contributed by atoms with E-state index < -0.39 is 5.97 Å². The number of hydrogen-bond acceptors (Lipinski definition) is 2. The fourth-order valence-electron chi connectivity index (χ4n) is 1.14. The minimum Gasteiger partial charge on any atom is -0.481 e. The number of carboxylic acids is 1. The van der Waals surface area contributed by atoms with E-state index in [0.717, 1.165) is 5.56 Å². The van der Waals surface area contributed by atoms with Gasteiger partial charge in [-0.2, -0.15) is 0 Å². The summed E-state index contributed by atoms with van der Waals surface area (Å²) in [6.45, 7) is 0.318. The summed E-state index contributed by atoms with van der Waals surface area (Å²) in [5.74, 6) is -1.27. The molecule has 0 unspecified atom stereocenters. The van der Waals surface area contributed by atoms with Gasteiger partial charge < -0.3 is 10.4 Å². The predicted octanol–water partition coefficient (Wildman–Crippen LogP) is 1.82. The first-order chi connectivity index (χ1) is 7.59. The summed E-state index contributed by atoms with van der Waals surface area (Å²) in [5.41, 5.74) is 0.813. The van der Waals surface area contributed by atoms with Gasteiger partial charge in [0.2, 0.25) is 5.91 Å². The normalized spacial score (nSPS) is 9.81. The van der Waals surface area contributed by atoms with Crippen molar-refractivity contribution >= 4 is 23.5 Å². The minimum absolute atomic E-state index is 0.0141. The predicted molar refractivity (Wildman–Crippen MR) is 60.2 cm³/mol. The standard InChI is InChI=1S/C11H12ClNO3/c12-9-4-2-1-3-8(9)7-13-10(14)5-6-11(15)16/h1-4H,5-7H2,(H,13,14)(H,15,16). The van der Waals surface area contributed by atoms with Crippen LogP contribution in [0.15, 0.2) is 24.3 Å². The van der Waals surface area contributed by atoms with Gasteiger partial charge in [0.25, 0.3) is 0 Å². The molecule has 0 fully saturated rings. The molecule has 1 amide bonds. The molecule has 0 aliphatic heterocycles. The van der Waals surface area contributed by atoms with Gasteiger partial charge in [-0.15, -0.1) is 0 Å². The zero-order valence-electron chi connectivity index (χ0n) is 8.57. The van der Waals surface area contributed by atoms with Gasteiger partial charge in [-0.05, 0) is 11.6 Å². The lowest BCUT2D eigenvalue weighted by molar-refractivity contribution is -0.138. The average Bonchev–Trinajstić information content (AvgIpc) is 2.25. The molecule has 86 valence electrons. The van der Waals surface area contributed by atoms with Gasteiger partial charge in [0.1, 0.15) is 0 Å². The van der Waals surface area contributed by atoms with Crippen LogP contribution in [0.5, 0.6) is 0 Å². The second-order valence-electron chi connectivity index (χ2n) is 3.26. The van der Waals surface area contributed by atoms with Gasteiger partial charge in [-0.3, -0.25) is 9.59 Å². The van der Waals surface area contributed by atoms with Crippen LogP contribution in [0.3, 0.4) is 0 Å². The monoisotopic (exact) mass is 241 g/mol. The molecule has 0 atom stereocenters. The number of halogens is 1. The van der Waals surface area contributed by atoms with Crippen LogP contribution >= 0.6 is 11.6 Å². The number of aliphatic carboxylic acids is 1.